The van der Waals surface area contributed by atoms with Gasteiger partial charge in [0.25, 0.3) is 0 Å². The molecule has 1 heterocycles. The Morgan fingerprint density at radius 3 is 2.50 bits per heavy atom. The largest absolute Gasteiger partial charge is 0.353 e. The van der Waals surface area contributed by atoms with Gasteiger partial charge in [0.05, 0.1) is 0 Å². The van der Waals surface area contributed by atoms with Gasteiger partial charge in [-0.1, -0.05) is 31.9 Å². The van der Waals surface area contributed by atoms with Gasteiger partial charge in [-0.15, -0.1) is 0 Å². The van der Waals surface area contributed by atoms with Gasteiger partial charge in [0.1, 0.15) is 5.92 Å². The molecule has 1 aromatic rings. The first kappa shape index (κ1) is 15.1. The molecule has 1 aliphatic carbocycles. The van der Waals surface area contributed by atoms with E-state index in [1.54, 1.807) is 4.90 Å². The molecule has 0 aromatic heterocycles. The number of nitrogens with one attached hydrogen (secondary N) is 1. The molecule has 118 valence electrons. The second-order valence-corrected chi connectivity index (χ2v) is 6.34. The van der Waals surface area contributed by atoms with Crippen LogP contribution in [0.3, 0.4) is 0 Å². The minimum Gasteiger partial charge on any atom is -0.353 e. The lowest BCUT2D eigenvalue weighted by atomic mass is 10.1. The van der Waals surface area contributed by atoms with Crippen LogP contribution in [0.1, 0.15) is 44.6 Å². The Bertz CT molecular complexity index is 547. The number of amides is 2. The lowest BCUT2D eigenvalue weighted by Crippen LogP contribution is -2.40. The van der Waals surface area contributed by atoms with Crippen molar-refractivity contribution in [3.05, 3.63) is 29.8 Å². The van der Waals surface area contributed by atoms with E-state index in [1.807, 2.05) is 12.1 Å². The van der Waals surface area contributed by atoms with Crippen LogP contribution in [-0.4, -0.2) is 24.4 Å². The highest BCUT2D eigenvalue weighted by atomic mass is 16.2. The number of nitrogens with zero attached hydrogens (tertiary/aromatic N) is 1. The number of hydrogen-bond donors (Lipinski definition) is 1. The molecule has 2 aliphatic rings. The summed E-state index contributed by atoms with van der Waals surface area (Å²) in [5.41, 5.74) is 2.16. The monoisotopic (exact) mass is 300 g/mol. The van der Waals surface area contributed by atoms with Crippen LogP contribution in [0.25, 0.3) is 0 Å². The highest BCUT2D eigenvalue weighted by Gasteiger charge is 2.38. The molecule has 2 amide bonds. The highest BCUT2D eigenvalue weighted by molar-refractivity contribution is 6.09. The van der Waals surface area contributed by atoms with Crippen molar-refractivity contribution >= 4 is 17.5 Å². The Balaban J connectivity index is 1.64. The van der Waals surface area contributed by atoms with Crippen molar-refractivity contribution in [3.63, 3.8) is 0 Å². The van der Waals surface area contributed by atoms with E-state index >= 15 is 0 Å². The molecule has 1 aromatic carbocycles. The number of carbonyl (C=O) groups is 2. The van der Waals surface area contributed by atoms with Gasteiger partial charge in [0, 0.05) is 18.3 Å². The summed E-state index contributed by atoms with van der Waals surface area (Å²) in [6, 6.07) is 8.34. The average Bonchev–Trinajstić information content (AvgIpc) is 3.17. The lowest BCUT2D eigenvalue weighted by Gasteiger charge is -2.18. The minimum absolute atomic E-state index is 0.0558. The molecular formula is C18H24N2O2. The zero-order valence-electron chi connectivity index (χ0n) is 13.2. The number of carbonyl (C=O) groups excluding carboxylic acids is 2. The van der Waals surface area contributed by atoms with Gasteiger partial charge in [-0.2, -0.15) is 0 Å². The number of benzene rings is 1. The Morgan fingerprint density at radius 2 is 1.86 bits per heavy atom. The molecule has 1 atom stereocenters. The standard InChI is InChI=1S/C18H24N2O2/c1-2-13-7-9-15(10-8-13)20-12-11-16(18(20)22)17(21)19-14-5-3-4-6-14/h7-10,14,16H,2-6,11-12H2,1H3,(H,19,21). The smallest absolute Gasteiger partial charge is 0.239 e. The minimum atomic E-state index is -0.508. The molecule has 3 rings (SSSR count). The molecule has 22 heavy (non-hydrogen) atoms. The Labute approximate surface area is 131 Å². The number of aryl methyl sites for hydroxylation is 1. The van der Waals surface area contributed by atoms with Crippen LogP contribution in [-0.2, 0) is 16.0 Å². The fraction of sp³-hybridized carbons (Fsp3) is 0.556. The molecule has 1 unspecified atom stereocenters. The van der Waals surface area contributed by atoms with Crippen LogP contribution in [0.5, 0.6) is 0 Å². The fourth-order valence-electron chi connectivity index (χ4n) is 3.46. The quantitative estimate of drug-likeness (QED) is 0.869. The molecule has 4 heteroatoms. The number of hydrogen-bond acceptors (Lipinski definition) is 2. The molecule has 1 aliphatic heterocycles. The summed E-state index contributed by atoms with van der Waals surface area (Å²) in [5.74, 6) is -0.643. The second kappa shape index (κ2) is 6.51. The van der Waals surface area contributed by atoms with Crippen molar-refractivity contribution in [1.82, 2.24) is 5.32 Å². The predicted molar refractivity (Wildman–Crippen MR) is 86.7 cm³/mol. The van der Waals surface area contributed by atoms with Crippen molar-refractivity contribution in [2.24, 2.45) is 5.92 Å². The van der Waals surface area contributed by atoms with Gasteiger partial charge in [0.15, 0.2) is 0 Å². The molecule has 0 bridgehead atoms. The van der Waals surface area contributed by atoms with Crippen molar-refractivity contribution in [2.45, 2.75) is 51.5 Å². The SMILES string of the molecule is CCc1ccc(N2CCC(C(=O)NC3CCCC3)C2=O)cc1. The van der Waals surface area contributed by atoms with Gasteiger partial charge >= 0.3 is 0 Å². The van der Waals surface area contributed by atoms with E-state index in [4.69, 9.17) is 0 Å². The zero-order valence-corrected chi connectivity index (χ0v) is 13.2. The Morgan fingerprint density at radius 1 is 1.18 bits per heavy atom. The molecule has 1 N–H and O–H groups in total. The summed E-state index contributed by atoms with van der Waals surface area (Å²) in [4.78, 5) is 26.6. The molecular weight excluding hydrogens is 276 g/mol. The topological polar surface area (TPSA) is 49.4 Å². The Kier molecular flexibility index (Phi) is 4.46. The van der Waals surface area contributed by atoms with E-state index in [0.717, 1.165) is 24.9 Å². The summed E-state index contributed by atoms with van der Waals surface area (Å²) < 4.78 is 0. The zero-order chi connectivity index (χ0) is 15.5. The third kappa shape index (κ3) is 3.01. The maximum Gasteiger partial charge on any atom is 0.239 e. The van der Waals surface area contributed by atoms with Crippen LogP contribution in [0.2, 0.25) is 0 Å². The molecule has 0 radical (unpaired) electrons. The second-order valence-electron chi connectivity index (χ2n) is 6.34. The van der Waals surface area contributed by atoms with Gasteiger partial charge < -0.3 is 10.2 Å². The van der Waals surface area contributed by atoms with Crippen LogP contribution >= 0.6 is 0 Å². The summed E-state index contributed by atoms with van der Waals surface area (Å²) >= 11 is 0. The number of rotatable bonds is 4. The van der Waals surface area contributed by atoms with Crippen molar-refractivity contribution in [3.8, 4) is 0 Å². The third-order valence-electron chi connectivity index (χ3n) is 4.88. The summed E-state index contributed by atoms with van der Waals surface area (Å²) in [6.07, 6.45) is 6.07. The fourth-order valence-corrected chi connectivity index (χ4v) is 3.46. The first-order valence-electron chi connectivity index (χ1n) is 8.39. The van der Waals surface area contributed by atoms with Crippen LogP contribution in [0, 0.1) is 5.92 Å². The van der Waals surface area contributed by atoms with Crippen molar-refractivity contribution < 1.29 is 9.59 Å². The summed E-state index contributed by atoms with van der Waals surface area (Å²) in [6.45, 7) is 2.74. The van der Waals surface area contributed by atoms with Crippen molar-refractivity contribution in [1.29, 1.82) is 0 Å². The number of anilines is 1. The highest BCUT2D eigenvalue weighted by Crippen LogP contribution is 2.26. The Hall–Kier alpha value is -1.84. The molecule has 4 nitrogen and oxygen atoms in total. The van der Waals surface area contributed by atoms with Crippen LogP contribution in [0.4, 0.5) is 5.69 Å². The summed E-state index contributed by atoms with van der Waals surface area (Å²) in [7, 11) is 0. The molecule has 0 spiro atoms. The average molecular weight is 300 g/mol. The lowest BCUT2D eigenvalue weighted by molar-refractivity contribution is -0.132. The van der Waals surface area contributed by atoms with Crippen LogP contribution < -0.4 is 10.2 Å². The summed E-state index contributed by atoms with van der Waals surface area (Å²) in [5, 5.41) is 3.06. The van der Waals surface area contributed by atoms with Gasteiger partial charge in [-0.05, 0) is 43.4 Å². The van der Waals surface area contributed by atoms with E-state index in [0.29, 0.717) is 13.0 Å². The van der Waals surface area contributed by atoms with Gasteiger partial charge in [0.2, 0.25) is 11.8 Å². The van der Waals surface area contributed by atoms with E-state index in [-0.39, 0.29) is 17.9 Å². The van der Waals surface area contributed by atoms with Gasteiger partial charge in [-0.25, -0.2) is 0 Å². The first-order valence-corrected chi connectivity index (χ1v) is 8.39. The third-order valence-corrected chi connectivity index (χ3v) is 4.88. The van der Waals surface area contributed by atoms with E-state index in [9.17, 15) is 9.59 Å². The van der Waals surface area contributed by atoms with E-state index in [1.165, 1.54) is 18.4 Å². The van der Waals surface area contributed by atoms with E-state index < -0.39 is 5.92 Å². The normalized spacial score (nSPS) is 22.3. The van der Waals surface area contributed by atoms with Gasteiger partial charge in [-0.3, -0.25) is 9.59 Å². The molecule has 2 fully saturated rings. The first-order chi connectivity index (χ1) is 10.7. The van der Waals surface area contributed by atoms with Crippen LogP contribution in [0.15, 0.2) is 24.3 Å². The maximum absolute atomic E-state index is 12.5. The maximum atomic E-state index is 12.5. The molecule has 1 saturated heterocycles. The van der Waals surface area contributed by atoms with Crippen molar-refractivity contribution in [2.75, 3.05) is 11.4 Å². The van der Waals surface area contributed by atoms with E-state index in [2.05, 4.69) is 24.4 Å². The molecule has 1 saturated carbocycles. The predicted octanol–water partition coefficient (Wildman–Crippen LogP) is 2.66.